The third-order valence-corrected chi connectivity index (χ3v) is 2.65. The minimum atomic E-state index is 0.140. The third-order valence-electron chi connectivity index (χ3n) is 2.65. The molecule has 1 rings (SSSR count). The van der Waals surface area contributed by atoms with Gasteiger partial charge in [-0.25, -0.2) is 4.79 Å². The van der Waals surface area contributed by atoms with Gasteiger partial charge in [0, 0.05) is 32.6 Å². The summed E-state index contributed by atoms with van der Waals surface area (Å²) >= 11 is 0. The van der Waals surface area contributed by atoms with Crippen LogP contribution < -0.4 is 0 Å². The second-order valence-electron chi connectivity index (χ2n) is 4.20. The van der Waals surface area contributed by atoms with Gasteiger partial charge in [-0.1, -0.05) is 13.8 Å². The van der Waals surface area contributed by atoms with Crippen LogP contribution in [0.2, 0.25) is 0 Å². The molecule has 1 aliphatic heterocycles. The quantitative estimate of drug-likeness (QED) is 0.583. The number of carbonyl (C=O) groups excluding carboxylic acids is 1. The zero-order valence-electron chi connectivity index (χ0n) is 8.42. The molecule has 0 saturated carbocycles. The Morgan fingerprint density at radius 2 is 2.00 bits per heavy atom. The van der Waals surface area contributed by atoms with Crippen LogP contribution in [0.1, 0.15) is 20.3 Å². The van der Waals surface area contributed by atoms with Gasteiger partial charge in [-0.2, -0.15) is 0 Å². The lowest BCUT2D eigenvalue weighted by Gasteiger charge is -2.48. The molecule has 70 valence electrons. The van der Waals surface area contributed by atoms with Gasteiger partial charge in [0.1, 0.15) is 0 Å². The van der Waals surface area contributed by atoms with E-state index in [2.05, 4.69) is 13.8 Å². The molecule has 0 radical (unpaired) electrons. The van der Waals surface area contributed by atoms with Crippen LogP contribution in [0.25, 0.3) is 0 Å². The van der Waals surface area contributed by atoms with Gasteiger partial charge in [0.2, 0.25) is 0 Å². The van der Waals surface area contributed by atoms with Crippen LogP contribution >= 0.6 is 0 Å². The largest absolute Gasteiger partial charge is 0.331 e. The molecule has 0 bridgehead atoms. The van der Waals surface area contributed by atoms with Crippen LogP contribution in [0.3, 0.4) is 0 Å². The van der Waals surface area contributed by atoms with E-state index in [4.69, 9.17) is 0 Å². The van der Waals surface area contributed by atoms with Crippen LogP contribution in [0, 0.1) is 5.41 Å². The Labute approximate surface area is 74.3 Å². The number of amides is 2. The lowest BCUT2D eigenvalue weighted by molar-refractivity contribution is 0.0328. The van der Waals surface area contributed by atoms with Gasteiger partial charge >= 0.3 is 6.03 Å². The Morgan fingerprint density at radius 3 is 2.33 bits per heavy atom. The highest BCUT2D eigenvalue weighted by Gasteiger charge is 2.40. The Kier molecular flexibility index (Phi) is 2.31. The first kappa shape index (κ1) is 9.36. The summed E-state index contributed by atoms with van der Waals surface area (Å²) in [6, 6.07) is 0.140. The summed E-state index contributed by atoms with van der Waals surface area (Å²) in [7, 11) is 3.59. The summed E-state index contributed by atoms with van der Waals surface area (Å²) in [5.74, 6) is 0. The highest BCUT2D eigenvalue weighted by molar-refractivity contribution is 5.74. The van der Waals surface area contributed by atoms with Gasteiger partial charge in [-0.15, -0.1) is 0 Å². The first-order valence-electron chi connectivity index (χ1n) is 4.45. The number of hydrogen-bond acceptors (Lipinski definition) is 1. The minimum absolute atomic E-state index is 0.140. The van der Waals surface area contributed by atoms with Gasteiger partial charge < -0.3 is 9.80 Å². The fourth-order valence-electron chi connectivity index (χ4n) is 1.52. The summed E-state index contributed by atoms with van der Waals surface area (Å²) in [6.07, 6.45) is 1.16. The van der Waals surface area contributed by atoms with Crippen molar-refractivity contribution in [3.63, 3.8) is 0 Å². The topological polar surface area (TPSA) is 23.6 Å². The van der Waals surface area contributed by atoms with E-state index < -0.39 is 0 Å². The van der Waals surface area contributed by atoms with E-state index in [1.165, 1.54) is 0 Å². The maximum atomic E-state index is 11.4. The smallest absolute Gasteiger partial charge is 0.319 e. The predicted molar refractivity (Wildman–Crippen MR) is 49.1 cm³/mol. The molecule has 12 heavy (non-hydrogen) atoms. The van der Waals surface area contributed by atoms with Crippen LogP contribution in [-0.4, -0.2) is 43.0 Å². The predicted octanol–water partition coefficient (Wildman–Crippen LogP) is 1.40. The first-order valence-corrected chi connectivity index (χ1v) is 4.45. The summed E-state index contributed by atoms with van der Waals surface area (Å²) in [5.41, 5.74) is 0.381. The van der Waals surface area contributed by atoms with Crippen LogP contribution in [0.5, 0.6) is 0 Å². The molecule has 2 amide bonds. The first-order chi connectivity index (χ1) is 5.48. The average molecular weight is 170 g/mol. The Bertz CT molecular complexity index is 183. The van der Waals surface area contributed by atoms with Crippen molar-refractivity contribution in [1.29, 1.82) is 0 Å². The summed E-state index contributed by atoms with van der Waals surface area (Å²) in [5, 5.41) is 0. The molecule has 0 aromatic rings. The Balaban J connectivity index is 2.39. The molecule has 0 aliphatic carbocycles. The monoisotopic (exact) mass is 170 g/mol. The van der Waals surface area contributed by atoms with Crippen molar-refractivity contribution in [2.45, 2.75) is 20.3 Å². The molecule has 3 nitrogen and oxygen atoms in total. The van der Waals surface area contributed by atoms with E-state index in [1.807, 2.05) is 4.90 Å². The molecule has 0 aromatic heterocycles. The maximum absolute atomic E-state index is 11.4. The summed E-state index contributed by atoms with van der Waals surface area (Å²) < 4.78 is 0. The SMILES string of the molecule is CCC1(C)CN(C(=O)N(C)C)C1. The van der Waals surface area contributed by atoms with Crippen molar-refractivity contribution in [2.24, 2.45) is 5.41 Å². The molecule has 0 atom stereocenters. The number of rotatable bonds is 1. The zero-order chi connectivity index (χ0) is 9.35. The average Bonchev–Trinajstić information content (AvgIpc) is 1.97. The molecule has 0 unspecified atom stereocenters. The zero-order valence-corrected chi connectivity index (χ0v) is 8.42. The van der Waals surface area contributed by atoms with E-state index in [1.54, 1.807) is 19.0 Å². The number of hydrogen-bond donors (Lipinski definition) is 0. The molecule has 0 N–H and O–H groups in total. The van der Waals surface area contributed by atoms with Crippen molar-refractivity contribution in [3.8, 4) is 0 Å². The van der Waals surface area contributed by atoms with Crippen molar-refractivity contribution in [2.75, 3.05) is 27.2 Å². The molecule has 1 heterocycles. The van der Waals surface area contributed by atoms with Crippen LogP contribution in [0.15, 0.2) is 0 Å². The van der Waals surface area contributed by atoms with Gasteiger partial charge in [0.05, 0.1) is 0 Å². The Hall–Kier alpha value is -0.730. The highest BCUT2D eigenvalue weighted by Crippen LogP contribution is 2.33. The van der Waals surface area contributed by atoms with Gasteiger partial charge in [0.25, 0.3) is 0 Å². The maximum Gasteiger partial charge on any atom is 0.319 e. The standard InChI is InChI=1S/C9H18N2O/c1-5-9(2)6-11(7-9)8(12)10(3)4/h5-7H2,1-4H3. The fraction of sp³-hybridized carbons (Fsp3) is 0.889. The van der Waals surface area contributed by atoms with E-state index >= 15 is 0 Å². The van der Waals surface area contributed by atoms with E-state index in [-0.39, 0.29) is 6.03 Å². The van der Waals surface area contributed by atoms with Gasteiger partial charge in [0.15, 0.2) is 0 Å². The van der Waals surface area contributed by atoms with Crippen molar-refractivity contribution >= 4 is 6.03 Å². The summed E-state index contributed by atoms with van der Waals surface area (Å²) in [4.78, 5) is 14.9. The molecule has 1 aliphatic rings. The van der Waals surface area contributed by atoms with Crippen molar-refractivity contribution in [3.05, 3.63) is 0 Å². The number of nitrogens with zero attached hydrogens (tertiary/aromatic N) is 2. The van der Waals surface area contributed by atoms with Gasteiger partial charge in [-0.3, -0.25) is 0 Å². The summed E-state index contributed by atoms with van der Waals surface area (Å²) in [6.45, 7) is 6.24. The second-order valence-corrected chi connectivity index (χ2v) is 4.20. The van der Waals surface area contributed by atoms with Crippen molar-refractivity contribution < 1.29 is 4.79 Å². The number of carbonyl (C=O) groups is 1. The second kappa shape index (κ2) is 2.96. The van der Waals surface area contributed by atoms with Crippen LogP contribution in [0.4, 0.5) is 4.79 Å². The van der Waals surface area contributed by atoms with Crippen molar-refractivity contribution in [1.82, 2.24) is 9.80 Å². The van der Waals surface area contributed by atoms with Crippen LogP contribution in [-0.2, 0) is 0 Å². The number of urea groups is 1. The number of likely N-dealkylation sites (tertiary alicyclic amines) is 1. The highest BCUT2D eigenvalue weighted by atomic mass is 16.2. The molecule has 0 aromatic carbocycles. The Morgan fingerprint density at radius 1 is 1.50 bits per heavy atom. The molecule has 3 heteroatoms. The van der Waals surface area contributed by atoms with E-state index in [0.717, 1.165) is 19.5 Å². The normalized spacial score (nSPS) is 20.2. The van der Waals surface area contributed by atoms with E-state index in [9.17, 15) is 4.79 Å². The molecular formula is C9H18N2O. The molecular weight excluding hydrogens is 152 g/mol. The van der Waals surface area contributed by atoms with E-state index in [0.29, 0.717) is 5.41 Å². The minimum Gasteiger partial charge on any atom is -0.331 e. The third kappa shape index (κ3) is 1.54. The fourth-order valence-corrected chi connectivity index (χ4v) is 1.52. The lowest BCUT2D eigenvalue weighted by atomic mass is 9.80. The molecule has 1 saturated heterocycles. The molecule has 1 fully saturated rings. The molecule has 0 spiro atoms. The lowest BCUT2D eigenvalue weighted by Crippen LogP contribution is -2.58. The van der Waals surface area contributed by atoms with Gasteiger partial charge in [-0.05, 0) is 6.42 Å².